The van der Waals surface area contributed by atoms with Crippen LogP contribution in [0.4, 0.5) is 4.79 Å². The molecule has 0 aliphatic carbocycles. The van der Waals surface area contributed by atoms with Gasteiger partial charge < -0.3 is 4.74 Å². The predicted octanol–water partition coefficient (Wildman–Crippen LogP) is 2.76. The SMILES string of the molecule is C/C(Br)=C1/COC(=O)N1S(=O)(=O)c1ccc(C)cc1. The molecule has 2 rings (SSSR count). The smallest absolute Gasteiger partial charge is 0.428 e. The van der Waals surface area contributed by atoms with Crippen molar-refractivity contribution >= 4 is 32.0 Å². The first-order chi connectivity index (χ1) is 8.84. The topological polar surface area (TPSA) is 63.7 Å². The summed E-state index contributed by atoms with van der Waals surface area (Å²) in [5, 5.41) is 0. The largest absolute Gasteiger partial charge is 0.442 e. The summed E-state index contributed by atoms with van der Waals surface area (Å²) < 4.78 is 30.9. The maximum Gasteiger partial charge on any atom is 0.428 e. The molecule has 1 aliphatic rings. The van der Waals surface area contributed by atoms with Crippen molar-refractivity contribution < 1.29 is 17.9 Å². The Kier molecular flexibility index (Phi) is 3.69. The zero-order valence-electron chi connectivity index (χ0n) is 10.4. The van der Waals surface area contributed by atoms with Gasteiger partial charge in [-0.2, -0.15) is 4.31 Å². The fraction of sp³-hybridized carbons (Fsp3) is 0.250. The molecule has 0 N–H and O–H groups in total. The Hall–Kier alpha value is -1.34. The van der Waals surface area contributed by atoms with Crippen LogP contribution in [0.25, 0.3) is 0 Å². The first kappa shape index (κ1) is 14.1. The lowest BCUT2D eigenvalue weighted by Gasteiger charge is -2.16. The van der Waals surface area contributed by atoms with E-state index < -0.39 is 16.1 Å². The lowest BCUT2D eigenvalue weighted by molar-refractivity contribution is 0.170. The number of rotatable bonds is 2. The normalized spacial score (nSPS) is 18.5. The molecule has 19 heavy (non-hydrogen) atoms. The summed E-state index contributed by atoms with van der Waals surface area (Å²) in [6.07, 6.45) is -0.880. The molecule has 1 saturated heterocycles. The van der Waals surface area contributed by atoms with Crippen molar-refractivity contribution in [2.24, 2.45) is 0 Å². The minimum absolute atomic E-state index is 0.0546. The summed E-state index contributed by atoms with van der Waals surface area (Å²) in [5.74, 6) is 0. The lowest BCUT2D eigenvalue weighted by atomic mass is 10.2. The van der Waals surface area contributed by atoms with Crippen LogP contribution in [0.2, 0.25) is 0 Å². The van der Waals surface area contributed by atoms with E-state index in [4.69, 9.17) is 4.74 Å². The standard InChI is InChI=1S/C12H12BrNO4S/c1-8-3-5-10(6-4-8)19(16,17)14-11(9(2)13)7-18-12(14)15/h3-6H,7H2,1-2H3/b11-9+. The Balaban J connectivity index is 2.53. The maximum atomic E-state index is 12.4. The Bertz CT molecular complexity index is 645. The van der Waals surface area contributed by atoms with Crippen LogP contribution in [-0.4, -0.2) is 25.4 Å². The Labute approximate surface area is 120 Å². The number of sulfonamides is 1. The van der Waals surface area contributed by atoms with Crippen LogP contribution in [0, 0.1) is 6.92 Å². The van der Waals surface area contributed by atoms with Crippen LogP contribution in [-0.2, 0) is 14.8 Å². The average Bonchev–Trinajstić information content (AvgIpc) is 2.72. The van der Waals surface area contributed by atoms with Crippen molar-refractivity contribution in [2.45, 2.75) is 18.7 Å². The number of cyclic esters (lactones) is 1. The monoisotopic (exact) mass is 345 g/mol. The highest BCUT2D eigenvalue weighted by Gasteiger charge is 2.39. The van der Waals surface area contributed by atoms with Crippen molar-refractivity contribution in [3.05, 3.63) is 40.0 Å². The van der Waals surface area contributed by atoms with E-state index in [0.29, 0.717) is 14.5 Å². The van der Waals surface area contributed by atoms with Crippen LogP contribution < -0.4 is 0 Å². The van der Waals surface area contributed by atoms with Gasteiger partial charge in [0.2, 0.25) is 0 Å². The van der Waals surface area contributed by atoms with Crippen LogP contribution in [0.1, 0.15) is 12.5 Å². The molecule has 0 spiro atoms. The van der Waals surface area contributed by atoms with Gasteiger partial charge in [-0.1, -0.05) is 33.6 Å². The molecule has 1 amide bonds. The summed E-state index contributed by atoms with van der Waals surface area (Å²) in [4.78, 5) is 11.7. The van der Waals surface area contributed by atoms with Gasteiger partial charge in [-0.05, 0) is 26.0 Å². The molecular formula is C12H12BrNO4S. The summed E-state index contributed by atoms with van der Waals surface area (Å²) in [6.45, 7) is 3.46. The second-order valence-corrected chi connectivity index (χ2v) is 7.09. The number of halogens is 1. The molecular weight excluding hydrogens is 334 g/mol. The van der Waals surface area contributed by atoms with Gasteiger partial charge in [0.25, 0.3) is 10.0 Å². The van der Waals surface area contributed by atoms with Gasteiger partial charge in [0, 0.05) is 4.48 Å². The number of ether oxygens (including phenoxy) is 1. The van der Waals surface area contributed by atoms with Crippen LogP contribution >= 0.6 is 15.9 Å². The second kappa shape index (κ2) is 4.97. The quantitative estimate of drug-likeness (QED) is 0.826. The van der Waals surface area contributed by atoms with Crippen molar-refractivity contribution in [3.63, 3.8) is 0 Å². The molecule has 0 radical (unpaired) electrons. The number of aryl methyl sites for hydroxylation is 1. The van der Waals surface area contributed by atoms with E-state index in [0.717, 1.165) is 5.56 Å². The molecule has 1 fully saturated rings. The highest BCUT2D eigenvalue weighted by atomic mass is 79.9. The molecule has 0 bridgehead atoms. The van der Waals surface area contributed by atoms with Gasteiger partial charge in [-0.3, -0.25) is 0 Å². The Morgan fingerprint density at radius 1 is 1.32 bits per heavy atom. The summed E-state index contributed by atoms with van der Waals surface area (Å²) in [6, 6.07) is 6.30. The molecule has 1 aromatic rings. The van der Waals surface area contributed by atoms with Gasteiger partial charge in [-0.25, -0.2) is 13.2 Å². The molecule has 5 nitrogen and oxygen atoms in total. The van der Waals surface area contributed by atoms with Gasteiger partial charge in [-0.15, -0.1) is 0 Å². The summed E-state index contributed by atoms with van der Waals surface area (Å²) in [7, 11) is -3.93. The van der Waals surface area contributed by atoms with Gasteiger partial charge >= 0.3 is 6.09 Å². The lowest BCUT2D eigenvalue weighted by Crippen LogP contribution is -2.30. The van der Waals surface area contributed by atoms with Gasteiger partial charge in [0.05, 0.1) is 10.6 Å². The molecule has 0 aromatic heterocycles. The van der Waals surface area contributed by atoms with E-state index in [2.05, 4.69) is 15.9 Å². The number of hydrogen-bond acceptors (Lipinski definition) is 4. The zero-order chi connectivity index (χ0) is 14.2. The van der Waals surface area contributed by atoms with E-state index in [1.807, 2.05) is 6.92 Å². The third kappa shape index (κ3) is 2.52. The Morgan fingerprint density at radius 2 is 1.89 bits per heavy atom. The molecule has 7 heteroatoms. The minimum atomic E-state index is -3.93. The number of benzene rings is 1. The molecule has 1 aromatic carbocycles. The molecule has 0 saturated carbocycles. The third-order valence-electron chi connectivity index (χ3n) is 2.70. The van der Waals surface area contributed by atoms with Crippen LogP contribution in [0.3, 0.4) is 0 Å². The van der Waals surface area contributed by atoms with E-state index in [1.54, 1.807) is 19.1 Å². The third-order valence-corrected chi connectivity index (χ3v) is 4.88. The minimum Gasteiger partial charge on any atom is -0.442 e. The van der Waals surface area contributed by atoms with E-state index in [9.17, 15) is 13.2 Å². The highest BCUT2D eigenvalue weighted by molar-refractivity contribution is 9.11. The van der Waals surface area contributed by atoms with Crippen molar-refractivity contribution in [2.75, 3.05) is 6.61 Å². The fourth-order valence-electron chi connectivity index (χ4n) is 1.66. The highest BCUT2D eigenvalue weighted by Crippen LogP contribution is 2.29. The van der Waals surface area contributed by atoms with Gasteiger partial charge in [0.1, 0.15) is 6.61 Å². The molecule has 1 aliphatic heterocycles. The molecule has 0 atom stereocenters. The predicted molar refractivity (Wildman–Crippen MR) is 73.2 cm³/mol. The van der Waals surface area contributed by atoms with Crippen LogP contribution in [0.15, 0.2) is 39.3 Å². The number of amides is 1. The van der Waals surface area contributed by atoms with E-state index >= 15 is 0 Å². The number of hydrogen-bond donors (Lipinski definition) is 0. The Morgan fingerprint density at radius 3 is 2.42 bits per heavy atom. The number of carbonyl (C=O) groups excluding carboxylic acids is 1. The fourth-order valence-corrected chi connectivity index (χ4v) is 3.48. The summed E-state index contributed by atoms with van der Waals surface area (Å²) >= 11 is 3.19. The molecule has 1 heterocycles. The van der Waals surface area contributed by atoms with Crippen molar-refractivity contribution in [3.8, 4) is 0 Å². The number of carbonyl (C=O) groups is 1. The number of nitrogens with zero attached hydrogens (tertiary/aromatic N) is 1. The average molecular weight is 346 g/mol. The van der Waals surface area contributed by atoms with Gasteiger partial charge in [0.15, 0.2) is 0 Å². The number of allylic oxidation sites excluding steroid dienone is 1. The van der Waals surface area contributed by atoms with E-state index in [-0.39, 0.29) is 11.5 Å². The van der Waals surface area contributed by atoms with Crippen molar-refractivity contribution in [1.82, 2.24) is 4.31 Å². The van der Waals surface area contributed by atoms with Crippen molar-refractivity contribution in [1.29, 1.82) is 0 Å². The van der Waals surface area contributed by atoms with Crippen LogP contribution in [0.5, 0.6) is 0 Å². The second-order valence-electron chi connectivity index (χ2n) is 4.12. The van der Waals surface area contributed by atoms with E-state index in [1.165, 1.54) is 12.1 Å². The molecule has 102 valence electrons. The zero-order valence-corrected chi connectivity index (χ0v) is 12.8. The maximum absolute atomic E-state index is 12.4. The molecule has 0 unspecified atom stereocenters. The summed E-state index contributed by atoms with van der Waals surface area (Å²) in [5.41, 5.74) is 1.24. The first-order valence-electron chi connectivity index (χ1n) is 5.48. The first-order valence-corrected chi connectivity index (χ1v) is 7.71.